The fourth-order valence-corrected chi connectivity index (χ4v) is 4.91. The van der Waals surface area contributed by atoms with Crippen LogP contribution in [-0.4, -0.2) is 64.6 Å². The maximum atomic E-state index is 12.5. The van der Waals surface area contributed by atoms with Crippen molar-refractivity contribution >= 4 is 33.7 Å². The number of nitrogens with zero attached hydrogens (tertiary/aromatic N) is 3. The monoisotopic (exact) mass is 539 g/mol. The number of amides is 2. The second kappa shape index (κ2) is 11.9. The Bertz CT molecular complexity index is 1410. The molecule has 2 aromatic carbocycles. The Balaban J connectivity index is 1.24. The van der Waals surface area contributed by atoms with Gasteiger partial charge >= 0.3 is 11.8 Å². The fourth-order valence-electron chi connectivity index (χ4n) is 3.91. The molecule has 0 bridgehead atoms. The average Bonchev–Trinajstić information content (AvgIpc) is 3.39. The summed E-state index contributed by atoms with van der Waals surface area (Å²) in [4.78, 5) is 28.6. The van der Waals surface area contributed by atoms with E-state index in [4.69, 9.17) is 9.15 Å². The van der Waals surface area contributed by atoms with E-state index in [1.54, 1.807) is 31.4 Å². The van der Waals surface area contributed by atoms with Crippen LogP contribution < -0.4 is 19.8 Å². The Labute approximate surface area is 221 Å². The predicted octanol–water partition coefficient (Wildman–Crippen LogP) is 1.87. The zero-order chi connectivity index (χ0) is 27.1. The highest BCUT2D eigenvalue weighted by Gasteiger charge is 2.27. The van der Waals surface area contributed by atoms with E-state index < -0.39 is 21.8 Å². The number of nitrogens with one attached hydrogen (secondary N) is 2. The Morgan fingerprint density at radius 3 is 2.45 bits per heavy atom. The lowest BCUT2D eigenvalue weighted by atomic mass is 10.2. The molecule has 200 valence electrons. The van der Waals surface area contributed by atoms with Crippen molar-refractivity contribution in [1.29, 1.82) is 0 Å². The molecule has 0 saturated carbocycles. The van der Waals surface area contributed by atoms with Crippen molar-refractivity contribution in [3.05, 3.63) is 77.7 Å². The maximum Gasteiger partial charge on any atom is 0.329 e. The van der Waals surface area contributed by atoms with Crippen molar-refractivity contribution in [1.82, 2.24) is 15.0 Å². The summed E-state index contributed by atoms with van der Waals surface area (Å²) in [5.74, 6) is -0.133. The van der Waals surface area contributed by atoms with Crippen molar-refractivity contribution in [3.8, 4) is 5.75 Å². The van der Waals surface area contributed by atoms with Crippen LogP contribution in [0.25, 0.3) is 0 Å². The van der Waals surface area contributed by atoms with Gasteiger partial charge in [-0.2, -0.15) is 5.10 Å². The Morgan fingerprint density at radius 1 is 1.03 bits per heavy atom. The third kappa shape index (κ3) is 6.58. The van der Waals surface area contributed by atoms with E-state index in [-0.39, 0.29) is 17.2 Å². The molecule has 2 heterocycles. The van der Waals surface area contributed by atoms with Gasteiger partial charge in [0, 0.05) is 26.2 Å². The molecule has 1 fully saturated rings. The van der Waals surface area contributed by atoms with Crippen LogP contribution >= 0.6 is 0 Å². The maximum absolute atomic E-state index is 12.5. The molecule has 38 heavy (non-hydrogen) atoms. The number of hydrazone groups is 1. The summed E-state index contributed by atoms with van der Waals surface area (Å²) in [6, 6.07) is 17.3. The third-order valence-corrected chi connectivity index (χ3v) is 7.41. The molecule has 0 unspecified atom stereocenters. The number of carbonyl (C=O) groups excluding carboxylic acids is 2. The number of sulfonamides is 1. The zero-order valence-corrected chi connectivity index (χ0v) is 21.9. The topological polar surface area (TPSA) is 134 Å². The normalized spacial score (nSPS) is 14.1. The van der Waals surface area contributed by atoms with Crippen LogP contribution in [0.15, 0.2) is 75.1 Å². The first-order chi connectivity index (χ1) is 18.3. The van der Waals surface area contributed by atoms with Crippen molar-refractivity contribution < 1.29 is 27.2 Å². The van der Waals surface area contributed by atoms with Crippen LogP contribution in [0.3, 0.4) is 0 Å². The van der Waals surface area contributed by atoms with Crippen molar-refractivity contribution in [2.75, 3.05) is 38.2 Å². The summed E-state index contributed by atoms with van der Waals surface area (Å²) in [6.45, 7) is 3.70. The average molecular weight is 540 g/mol. The Hall–Kier alpha value is -4.16. The van der Waals surface area contributed by atoms with E-state index in [0.717, 1.165) is 17.0 Å². The van der Waals surface area contributed by atoms with Gasteiger partial charge in [-0.3, -0.25) is 9.59 Å². The number of rotatable bonds is 8. The number of ether oxygens (including phenoxy) is 1. The first-order valence-corrected chi connectivity index (χ1v) is 13.4. The highest BCUT2D eigenvalue weighted by atomic mass is 32.2. The molecule has 12 heteroatoms. The number of hydrogen-bond acceptors (Lipinski definition) is 8. The number of benzene rings is 2. The molecule has 4 rings (SSSR count). The number of hydrogen-bond donors (Lipinski definition) is 2. The van der Waals surface area contributed by atoms with Gasteiger partial charge in [0.1, 0.15) is 17.3 Å². The summed E-state index contributed by atoms with van der Waals surface area (Å²) in [5, 5.41) is 3.79. The highest BCUT2D eigenvalue weighted by Crippen LogP contribution is 2.28. The van der Waals surface area contributed by atoms with Crippen LogP contribution in [0, 0.1) is 6.92 Å². The lowest BCUT2D eigenvalue weighted by Gasteiger charge is -2.36. The molecule has 11 nitrogen and oxygen atoms in total. The lowest BCUT2D eigenvalue weighted by molar-refractivity contribution is -0.146. The Kier molecular flexibility index (Phi) is 8.44. The number of carbonyl (C=O) groups is 2. The standard InChI is InChI=1S/C26H29N5O6S/c1-19-7-11-22(12-8-19)38(34,35)28-18-21-10-9-20(37-21)17-27-29-25(32)26(33)31-15-13-30(14-16-31)23-5-3-4-6-24(23)36-2/h3-12,17,28H,13-16,18H2,1-2H3,(H,29,32)/b27-17+. The Morgan fingerprint density at radius 2 is 1.74 bits per heavy atom. The number of para-hydroxylation sites is 2. The van der Waals surface area contributed by atoms with Gasteiger partial charge in [0.15, 0.2) is 0 Å². The number of furan rings is 1. The molecule has 0 atom stereocenters. The zero-order valence-electron chi connectivity index (χ0n) is 21.1. The second-order valence-corrected chi connectivity index (χ2v) is 10.4. The minimum absolute atomic E-state index is 0.0598. The van der Waals surface area contributed by atoms with Crippen LogP contribution in [-0.2, 0) is 26.2 Å². The molecule has 1 saturated heterocycles. The van der Waals surface area contributed by atoms with Gasteiger partial charge in [0.05, 0.1) is 30.5 Å². The number of methoxy groups -OCH3 is 1. The highest BCUT2D eigenvalue weighted by molar-refractivity contribution is 7.89. The van der Waals surface area contributed by atoms with Gasteiger partial charge in [-0.15, -0.1) is 0 Å². The summed E-state index contributed by atoms with van der Waals surface area (Å²) < 4.78 is 38.2. The van der Waals surface area contributed by atoms with Crippen LogP contribution in [0.5, 0.6) is 5.75 Å². The molecule has 0 aliphatic carbocycles. The van der Waals surface area contributed by atoms with Crippen LogP contribution in [0.1, 0.15) is 17.1 Å². The quantitative estimate of drug-likeness (QED) is 0.254. The molecule has 2 amide bonds. The summed E-state index contributed by atoms with van der Waals surface area (Å²) in [6.07, 6.45) is 1.24. The fraction of sp³-hybridized carbons (Fsp3) is 0.269. The summed E-state index contributed by atoms with van der Waals surface area (Å²) >= 11 is 0. The molecule has 1 aliphatic heterocycles. The number of aryl methyl sites for hydroxylation is 1. The summed E-state index contributed by atoms with van der Waals surface area (Å²) in [5.41, 5.74) is 4.11. The van der Waals surface area contributed by atoms with Crippen molar-refractivity contribution in [2.24, 2.45) is 5.10 Å². The van der Waals surface area contributed by atoms with E-state index in [9.17, 15) is 18.0 Å². The molecule has 1 aliphatic rings. The molecular weight excluding hydrogens is 510 g/mol. The molecule has 2 N–H and O–H groups in total. The third-order valence-electron chi connectivity index (χ3n) is 6.00. The predicted molar refractivity (Wildman–Crippen MR) is 141 cm³/mol. The van der Waals surface area contributed by atoms with Gasteiger partial charge < -0.3 is 19.0 Å². The SMILES string of the molecule is COc1ccccc1N1CCN(C(=O)C(=O)N/N=C/c2ccc(CNS(=O)(=O)c3ccc(C)cc3)o2)CC1. The number of anilines is 1. The largest absolute Gasteiger partial charge is 0.495 e. The molecule has 1 aromatic heterocycles. The van der Waals surface area contributed by atoms with Gasteiger partial charge in [0.25, 0.3) is 0 Å². The molecular formula is C26H29N5O6S. The molecule has 0 radical (unpaired) electrons. The number of piperazine rings is 1. The van der Waals surface area contributed by atoms with Gasteiger partial charge in [-0.05, 0) is 43.3 Å². The van der Waals surface area contributed by atoms with Gasteiger partial charge in [-0.25, -0.2) is 18.6 Å². The minimum Gasteiger partial charge on any atom is -0.495 e. The first-order valence-electron chi connectivity index (χ1n) is 11.9. The summed E-state index contributed by atoms with van der Waals surface area (Å²) in [7, 11) is -2.08. The van der Waals surface area contributed by atoms with Gasteiger partial charge in [0.2, 0.25) is 10.0 Å². The van der Waals surface area contributed by atoms with E-state index in [1.165, 1.54) is 23.2 Å². The van der Waals surface area contributed by atoms with Crippen LogP contribution in [0.4, 0.5) is 5.69 Å². The minimum atomic E-state index is -3.69. The molecule has 3 aromatic rings. The van der Waals surface area contributed by atoms with E-state index in [2.05, 4.69) is 20.1 Å². The lowest BCUT2D eigenvalue weighted by Crippen LogP contribution is -2.52. The van der Waals surface area contributed by atoms with E-state index in [1.807, 2.05) is 31.2 Å². The second-order valence-electron chi connectivity index (χ2n) is 8.59. The molecule has 0 spiro atoms. The van der Waals surface area contributed by atoms with E-state index >= 15 is 0 Å². The first kappa shape index (κ1) is 26.9. The van der Waals surface area contributed by atoms with Gasteiger partial charge in [-0.1, -0.05) is 29.8 Å². The van der Waals surface area contributed by atoms with Crippen LogP contribution in [0.2, 0.25) is 0 Å². The smallest absolute Gasteiger partial charge is 0.329 e. The van der Waals surface area contributed by atoms with E-state index in [0.29, 0.717) is 31.9 Å². The van der Waals surface area contributed by atoms with Crippen molar-refractivity contribution in [2.45, 2.75) is 18.4 Å². The van der Waals surface area contributed by atoms with Crippen molar-refractivity contribution in [3.63, 3.8) is 0 Å².